The molecule has 2 aromatic heterocycles. The van der Waals surface area contributed by atoms with Crippen LogP contribution in [0.1, 0.15) is 10.4 Å². The molecule has 1 aromatic carbocycles. The molecule has 6 heteroatoms. The standard InChI is InChI=1S/C13H9N3O3/c17-8-3-1-7(2-4-8)11-10-9(13(18)19)5-14-12(10)16-6-15-11/h1-6,17H,(H,18,19)(H,14,15,16). The molecule has 0 fully saturated rings. The molecular weight excluding hydrogens is 246 g/mol. The topological polar surface area (TPSA) is 99.1 Å². The number of hydrogen-bond acceptors (Lipinski definition) is 4. The summed E-state index contributed by atoms with van der Waals surface area (Å²) < 4.78 is 0. The maximum absolute atomic E-state index is 11.2. The molecule has 0 bridgehead atoms. The van der Waals surface area contributed by atoms with E-state index in [1.165, 1.54) is 24.7 Å². The van der Waals surface area contributed by atoms with Crippen molar-refractivity contribution in [2.24, 2.45) is 0 Å². The first-order chi connectivity index (χ1) is 9.16. The van der Waals surface area contributed by atoms with E-state index in [-0.39, 0.29) is 11.3 Å². The van der Waals surface area contributed by atoms with Crippen LogP contribution in [-0.4, -0.2) is 31.1 Å². The lowest BCUT2D eigenvalue weighted by Crippen LogP contribution is -1.96. The first kappa shape index (κ1) is 11.2. The van der Waals surface area contributed by atoms with Gasteiger partial charge in [-0.15, -0.1) is 0 Å². The number of hydrogen-bond donors (Lipinski definition) is 3. The Morgan fingerprint density at radius 3 is 2.58 bits per heavy atom. The average molecular weight is 255 g/mol. The summed E-state index contributed by atoms with van der Waals surface area (Å²) in [6, 6.07) is 6.40. The normalized spacial score (nSPS) is 10.7. The highest BCUT2D eigenvalue weighted by Crippen LogP contribution is 2.28. The minimum absolute atomic E-state index is 0.124. The zero-order valence-corrected chi connectivity index (χ0v) is 9.66. The Morgan fingerprint density at radius 1 is 1.16 bits per heavy atom. The van der Waals surface area contributed by atoms with Gasteiger partial charge in [-0.2, -0.15) is 0 Å². The van der Waals surface area contributed by atoms with E-state index in [9.17, 15) is 15.0 Å². The van der Waals surface area contributed by atoms with Crippen LogP contribution in [0, 0.1) is 0 Å². The number of fused-ring (bicyclic) bond motifs is 1. The predicted molar refractivity (Wildman–Crippen MR) is 67.9 cm³/mol. The fourth-order valence-electron chi connectivity index (χ4n) is 1.97. The number of nitrogens with one attached hydrogen (secondary N) is 1. The van der Waals surface area contributed by atoms with Crippen LogP contribution in [0.2, 0.25) is 0 Å². The number of rotatable bonds is 2. The molecule has 0 saturated carbocycles. The second-order valence-electron chi connectivity index (χ2n) is 4.00. The maximum Gasteiger partial charge on any atom is 0.338 e. The maximum atomic E-state index is 11.2. The molecule has 3 aromatic rings. The zero-order chi connectivity index (χ0) is 13.4. The van der Waals surface area contributed by atoms with Gasteiger partial charge in [0, 0.05) is 11.8 Å². The van der Waals surface area contributed by atoms with Gasteiger partial charge in [-0.05, 0) is 24.3 Å². The van der Waals surface area contributed by atoms with Crippen molar-refractivity contribution in [3.63, 3.8) is 0 Å². The summed E-state index contributed by atoms with van der Waals surface area (Å²) in [5.41, 5.74) is 1.82. The van der Waals surface area contributed by atoms with Gasteiger partial charge >= 0.3 is 5.97 Å². The van der Waals surface area contributed by atoms with Crippen molar-refractivity contribution >= 4 is 17.0 Å². The van der Waals surface area contributed by atoms with Crippen molar-refractivity contribution in [1.29, 1.82) is 0 Å². The summed E-state index contributed by atoms with van der Waals surface area (Å²) >= 11 is 0. The van der Waals surface area contributed by atoms with Crippen LogP contribution in [0.5, 0.6) is 5.75 Å². The Kier molecular flexibility index (Phi) is 2.42. The molecule has 94 valence electrons. The summed E-state index contributed by atoms with van der Waals surface area (Å²) in [6.07, 6.45) is 2.76. The molecule has 0 aliphatic carbocycles. The molecule has 19 heavy (non-hydrogen) atoms. The second kappa shape index (κ2) is 4.09. The Balaban J connectivity index is 2.31. The van der Waals surface area contributed by atoms with Gasteiger partial charge < -0.3 is 15.2 Å². The molecule has 0 amide bonds. The average Bonchev–Trinajstić information content (AvgIpc) is 2.83. The van der Waals surface area contributed by atoms with Crippen molar-refractivity contribution in [2.75, 3.05) is 0 Å². The number of carbonyl (C=O) groups is 1. The van der Waals surface area contributed by atoms with E-state index in [0.29, 0.717) is 22.3 Å². The lowest BCUT2D eigenvalue weighted by molar-refractivity contribution is 0.0699. The minimum Gasteiger partial charge on any atom is -0.508 e. The van der Waals surface area contributed by atoms with Crippen molar-refractivity contribution in [1.82, 2.24) is 15.0 Å². The Labute approximate surface area is 107 Å². The number of H-pyrrole nitrogens is 1. The monoisotopic (exact) mass is 255 g/mol. The second-order valence-corrected chi connectivity index (χ2v) is 4.00. The van der Waals surface area contributed by atoms with Gasteiger partial charge in [0.15, 0.2) is 0 Å². The van der Waals surface area contributed by atoms with Crippen LogP contribution in [0.15, 0.2) is 36.8 Å². The number of nitrogens with zero attached hydrogens (tertiary/aromatic N) is 2. The number of benzene rings is 1. The lowest BCUT2D eigenvalue weighted by Gasteiger charge is -2.03. The molecular formula is C13H9N3O3. The molecule has 0 unspecified atom stereocenters. The molecule has 3 rings (SSSR count). The quantitative estimate of drug-likeness (QED) is 0.650. The lowest BCUT2D eigenvalue weighted by atomic mass is 10.1. The van der Waals surface area contributed by atoms with E-state index >= 15 is 0 Å². The molecule has 6 nitrogen and oxygen atoms in total. The van der Waals surface area contributed by atoms with Gasteiger partial charge in [0.2, 0.25) is 0 Å². The number of aromatic hydroxyl groups is 1. The fourth-order valence-corrected chi connectivity index (χ4v) is 1.97. The van der Waals surface area contributed by atoms with E-state index in [2.05, 4.69) is 15.0 Å². The SMILES string of the molecule is O=C(O)c1c[nH]c2ncnc(-c3ccc(O)cc3)c12. The number of phenols is 1. The first-order valence-corrected chi connectivity index (χ1v) is 5.51. The van der Waals surface area contributed by atoms with E-state index < -0.39 is 5.97 Å². The zero-order valence-electron chi connectivity index (χ0n) is 9.66. The number of aromatic amines is 1. The third kappa shape index (κ3) is 1.79. The van der Waals surface area contributed by atoms with Crippen LogP contribution in [0.4, 0.5) is 0 Å². The molecule has 2 heterocycles. The number of aromatic nitrogens is 3. The fraction of sp³-hybridized carbons (Fsp3) is 0. The van der Waals surface area contributed by atoms with Gasteiger partial charge in [-0.3, -0.25) is 0 Å². The van der Waals surface area contributed by atoms with E-state index in [4.69, 9.17) is 0 Å². The van der Waals surface area contributed by atoms with E-state index in [1.807, 2.05) is 0 Å². The third-order valence-electron chi connectivity index (χ3n) is 2.84. The van der Waals surface area contributed by atoms with E-state index in [1.54, 1.807) is 12.1 Å². The first-order valence-electron chi connectivity index (χ1n) is 5.51. The highest BCUT2D eigenvalue weighted by atomic mass is 16.4. The van der Waals surface area contributed by atoms with Crippen molar-refractivity contribution in [3.8, 4) is 17.0 Å². The van der Waals surface area contributed by atoms with Crippen molar-refractivity contribution < 1.29 is 15.0 Å². The highest BCUT2D eigenvalue weighted by molar-refractivity contribution is 6.07. The summed E-state index contributed by atoms with van der Waals surface area (Å²) in [7, 11) is 0. The number of carboxylic acids is 1. The van der Waals surface area contributed by atoms with Crippen LogP contribution >= 0.6 is 0 Å². The van der Waals surface area contributed by atoms with Gasteiger partial charge in [0.1, 0.15) is 17.7 Å². The predicted octanol–water partition coefficient (Wildman–Crippen LogP) is 2.03. The van der Waals surface area contributed by atoms with Gasteiger partial charge in [0.05, 0.1) is 16.6 Å². The largest absolute Gasteiger partial charge is 0.508 e. The van der Waals surface area contributed by atoms with Crippen molar-refractivity contribution in [3.05, 3.63) is 42.4 Å². The van der Waals surface area contributed by atoms with Gasteiger partial charge in [-0.1, -0.05) is 0 Å². The van der Waals surface area contributed by atoms with Crippen molar-refractivity contribution in [2.45, 2.75) is 0 Å². The third-order valence-corrected chi connectivity index (χ3v) is 2.84. The molecule has 0 saturated heterocycles. The summed E-state index contributed by atoms with van der Waals surface area (Å²) in [6.45, 7) is 0. The van der Waals surface area contributed by atoms with Crippen LogP contribution < -0.4 is 0 Å². The number of phenolic OH excluding ortho intramolecular Hbond substituents is 1. The van der Waals surface area contributed by atoms with Crippen LogP contribution in [0.3, 0.4) is 0 Å². The number of aromatic carboxylic acids is 1. The Hall–Kier alpha value is -2.89. The molecule has 0 aliphatic heterocycles. The van der Waals surface area contributed by atoms with Gasteiger partial charge in [-0.25, -0.2) is 14.8 Å². The summed E-state index contributed by atoms with van der Waals surface area (Å²) in [4.78, 5) is 22.2. The van der Waals surface area contributed by atoms with Gasteiger partial charge in [0.25, 0.3) is 0 Å². The molecule has 0 radical (unpaired) electrons. The Morgan fingerprint density at radius 2 is 1.89 bits per heavy atom. The van der Waals surface area contributed by atoms with E-state index in [0.717, 1.165) is 0 Å². The van der Waals surface area contributed by atoms with Crippen LogP contribution in [0.25, 0.3) is 22.3 Å². The molecule has 0 spiro atoms. The number of carboxylic acid groups (broad SMARTS) is 1. The smallest absolute Gasteiger partial charge is 0.338 e. The molecule has 0 atom stereocenters. The summed E-state index contributed by atoms with van der Waals surface area (Å²) in [5.74, 6) is -0.900. The molecule has 0 aliphatic rings. The Bertz CT molecular complexity index is 762. The highest BCUT2D eigenvalue weighted by Gasteiger charge is 2.16. The van der Waals surface area contributed by atoms with Crippen LogP contribution in [-0.2, 0) is 0 Å². The summed E-state index contributed by atoms with van der Waals surface area (Å²) in [5, 5.41) is 18.9. The minimum atomic E-state index is -1.04. The molecule has 3 N–H and O–H groups in total.